The summed E-state index contributed by atoms with van der Waals surface area (Å²) < 4.78 is 28.3. The van der Waals surface area contributed by atoms with Crippen LogP contribution in [0.3, 0.4) is 0 Å². The Balaban J connectivity index is 1.47. The minimum Gasteiger partial charge on any atom is -0.339 e. The van der Waals surface area contributed by atoms with Gasteiger partial charge in [-0.1, -0.05) is 49.2 Å². The Hall–Kier alpha value is -3.03. The lowest BCUT2D eigenvalue weighted by Gasteiger charge is -2.12. The van der Waals surface area contributed by atoms with E-state index >= 15 is 0 Å². The van der Waals surface area contributed by atoms with Gasteiger partial charge in [-0.3, -0.25) is 0 Å². The zero-order valence-corrected chi connectivity index (χ0v) is 17.2. The first kappa shape index (κ1) is 19.0. The van der Waals surface area contributed by atoms with Gasteiger partial charge in [0, 0.05) is 28.9 Å². The van der Waals surface area contributed by atoms with Crippen molar-refractivity contribution in [2.75, 3.05) is 0 Å². The van der Waals surface area contributed by atoms with Gasteiger partial charge in [-0.2, -0.15) is 0 Å². The van der Waals surface area contributed by atoms with Crippen molar-refractivity contribution in [3.8, 4) is 22.5 Å². The molecule has 0 amide bonds. The van der Waals surface area contributed by atoms with E-state index in [1.807, 2.05) is 48.5 Å². The Kier molecular flexibility index (Phi) is 4.84. The predicted molar refractivity (Wildman–Crippen MR) is 117 cm³/mol. The summed E-state index contributed by atoms with van der Waals surface area (Å²) >= 11 is 0. The van der Waals surface area contributed by atoms with Gasteiger partial charge in [-0.15, -0.1) is 0 Å². The summed E-state index contributed by atoms with van der Waals surface area (Å²) in [4.78, 5) is 12.3. The molecule has 0 bridgehead atoms. The molecule has 0 atom stereocenters. The molecule has 4 aromatic rings. The van der Waals surface area contributed by atoms with E-state index in [1.54, 1.807) is 12.3 Å². The maximum atomic E-state index is 12.8. The van der Waals surface area contributed by atoms with Crippen LogP contribution < -0.4 is 4.72 Å². The van der Waals surface area contributed by atoms with E-state index in [0.29, 0.717) is 5.69 Å². The molecule has 5 rings (SSSR count). The Morgan fingerprint density at radius 1 is 0.933 bits per heavy atom. The molecular formula is C23H22N4O2S. The van der Waals surface area contributed by atoms with E-state index in [0.717, 1.165) is 53.5 Å². The van der Waals surface area contributed by atoms with Gasteiger partial charge in [-0.25, -0.2) is 23.1 Å². The average Bonchev–Trinajstić information content (AvgIpc) is 3.43. The molecule has 1 saturated carbocycles. The summed E-state index contributed by atoms with van der Waals surface area (Å²) in [7, 11) is -3.64. The first-order valence-corrected chi connectivity index (χ1v) is 11.6. The van der Waals surface area contributed by atoms with E-state index in [1.165, 1.54) is 6.07 Å². The zero-order chi connectivity index (χ0) is 20.6. The number of rotatable bonds is 5. The van der Waals surface area contributed by atoms with Crippen LogP contribution in [0, 0.1) is 0 Å². The highest BCUT2D eigenvalue weighted by molar-refractivity contribution is 7.89. The topological polar surface area (TPSA) is 87.7 Å². The Morgan fingerprint density at radius 2 is 1.73 bits per heavy atom. The van der Waals surface area contributed by atoms with Gasteiger partial charge >= 0.3 is 0 Å². The molecule has 0 radical (unpaired) electrons. The number of nitrogens with one attached hydrogen (secondary N) is 2. The van der Waals surface area contributed by atoms with Crippen molar-refractivity contribution in [3.63, 3.8) is 0 Å². The third-order valence-electron chi connectivity index (χ3n) is 5.53. The lowest BCUT2D eigenvalue weighted by molar-refractivity contribution is 0.549. The van der Waals surface area contributed by atoms with Crippen LogP contribution in [-0.2, 0) is 10.0 Å². The van der Waals surface area contributed by atoms with Crippen molar-refractivity contribution in [2.45, 2.75) is 36.8 Å². The highest BCUT2D eigenvalue weighted by Crippen LogP contribution is 2.27. The minimum absolute atomic E-state index is 0.00902. The molecule has 0 spiro atoms. The molecular weight excluding hydrogens is 396 g/mol. The molecule has 0 unspecified atom stereocenters. The molecule has 30 heavy (non-hydrogen) atoms. The fourth-order valence-electron chi connectivity index (χ4n) is 3.98. The number of H-pyrrole nitrogens is 1. The van der Waals surface area contributed by atoms with E-state index in [2.05, 4.69) is 19.7 Å². The molecule has 7 heteroatoms. The molecule has 1 aliphatic carbocycles. The number of benzene rings is 1. The van der Waals surface area contributed by atoms with Crippen LogP contribution >= 0.6 is 0 Å². The summed E-state index contributed by atoms with van der Waals surface area (Å²) in [6.07, 6.45) is 5.62. The summed E-state index contributed by atoms with van der Waals surface area (Å²) in [5.74, 6) is 0. The lowest BCUT2D eigenvalue weighted by atomic mass is 10.1. The fraction of sp³-hybridized carbons (Fsp3) is 0.217. The van der Waals surface area contributed by atoms with Gasteiger partial charge in [-0.05, 0) is 42.7 Å². The average molecular weight is 419 g/mol. The third kappa shape index (κ3) is 3.74. The van der Waals surface area contributed by atoms with E-state index < -0.39 is 10.0 Å². The third-order valence-corrected chi connectivity index (χ3v) is 6.95. The van der Waals surface area contributed by atoms with E-state index in [4.69, 9.17) is 0 Å². The van der Waals surface area contributed by atoms with Crippen LogP contribution in [0.4, 0.5) is 0 Å². The smallest absolute Gasteiger partial charge is 0.258 e. The number of aromatic amines is 1. The van der Waals surface area contributed by atoms with E-state index in [9.17, 15) is 8.42 Å². The van der Waals surface area contributed by atoms with Crippen molar-refractivity contribution in [1.82, 2.24) is 19.7 Å². The second kappa shape index (κ2) is 7.66. The number of pyridine rings is 2. The van der Waals surface area contributed by atoms with Gasteiger partial charge < -0.3 is 4.98 Å². The first-order valence-electron chi connectivity index (χ1n) is 10.1. The van der Waals surface area contributed by atoms with Crippen LogP contribution in [0.25, 0.3) is 33.5 Å². The molecule has 1 fully saturated rings. The molecule has 1 aromatic carbocycles. The number of nitrogens with zero attached hydrogens (tertiary/aromatic N) is 2. The second-order valence-electron chi connectivity index (χ2n) is 7.67. The molecule has 1 aliphatic rings. The maximum absolute atomic E-state index is 12.8. The van der Waals surface area contributed by atoms with Crippen LogP contribution in [-0.4, -0.2) is 29.4 Å². The normalized spacial score (nSPS) is 15.1. The number of sulfonamides is 1. The van der Waals surface area contributed by atoms with E-state index in [-0.39, 0.29) is 11.1 Å². The van der Waals surface area contributed by atoms with Crippen molar-refractivity contribution >= 4 is 21.1 Å². The molecule has 2 N–H and O–H groups in total. The Morgan fingerprint density at radius 3 is 2.53 bits per heavy atom. The van der Waals surface area contributed by atoms with Crippen LogP contribution in [0.1, 0.15) is 25.7 Å². The molecule has 6 nitrogen and oxygen atoms in total. The number of fused-ring (bicyclic) bond motifs is 1. The maximum Gasteiger partial charge on any atom is 0.258 e. The standard InChI is InChI=1S/C23H22N4O2S/c28-30(29,27-19-9-4-5-10-19)22-12-6-11-20(25-22)18-13-17-14-21(26-23(17)24-15-18)16-7-2-1-3-8-16/h1-3,6-8,11-15,19,27H,4-5,9-10H2,(H,24,26). The highest BCUT2D eigenvalue weighted by Gasteiger charge is 2.24. The van der Waals surface area contributed by atoms with Gasteiger partial charge in [0.1, 0.15) is 5.65 Å². The zero-order valence-electron chi connectivity index (χ0n) is 16.4. The van der Waals surface area contributed by atoms with Gasteiger partial charge in [0.05, 0.1) is 5.69 Å². The quantitative estimate of drug-likeness (QED) is 0.499. The molecule has 0 saturated heterocycles. The monoisotopic (exact) mass is 418 g/mol. The van der Waals surface area contributed by atoms with Gasteiger partial charge in [0.2, 0.25) is 0 Å². The van der Waals surface area contributed by atoms with Crippen molar-refractivity contribution in [1.29, 1.82) is 0 Å². The summed E-state index contributed by atoms with van der Waals surface area (Å²) in [6.45, 7) is 0. The first-order chi connectivity index (χ1) is 14.6. The van der Waals surface area contributed by atoms with Crippen LogP contribution in [0.2, 0.25) is 0 Å². The van der Waals surface area contributed by atoms with Crippen molar-refractivity contribution < 1.29 is 8.42 Å². The Bertz CT molecular complexity index is 1290. The fourth-order valence-corrected chi connectivity index (χ4v) is 5.25. The lowest BCUT2D eigenvalue weighted by Crippen LogP contribution is -2.33. The highest BCUT2D eigenvalue weighted by atomic mass is 32.2. The molecule has 152 valence electrons. The summed E-state index contributed by atoms with van der Waals surface area (Å²) in [5.41, 5.74) is 4.21. The summed E-state index contributed by atoms with van der Waals surface area (Å²) in [5, 5.41) is 0.997. The number of hydrogen-bond donors (Lipinski definition) is 2. The van der Waals surface area contributed by atoms with Gasteiger partial charge in [0.25, 0.3) is 10.0 Å². The molecule has 0 aliphatic heterocycles. The SMILES string of the molecule is O=S(=O)(NC1CCCC1)c1cccc(-c2cnc3[nH]c(-c4ccccc4)cc3c2)n1. The molecule has 3 heterocycles. The number of hydrogen-bond acceptors (Lipinski definition) is 4. The largest absolute Gasteiger partial charge is 0.339 e. The number of aromatic nitrogens is 3. The van der Waals surface area contributed by atoms with Crippen LogP contribution in [0.15, 0.2) is 71.9 Å². The summed E-state index contributed by atoms with van der Waals surface area (Å²) in [6, 6.07) is 19.2. The minimum atomic E-state index is -3.64. The van der Waals surface area contributed by atoms with Crippen LogP contribution in [0.5, 0.6) is 0 Å². The van der Waals surface area contributed by atoms with Crippen molar-refractivity contribution in [2.24, 2.45) is 0 Å². The second-order valence-corrected chi connectivity index (χ2v) is 9.34. The molecule has 3 aromatic heterocycles. The van der Waals surface area contributed by atoms with Crippen molar-refractivity contribution in [3.05, 3.63) is 66.9 Å². The Labute approximate surface area is 175 Å². The van der Waals surface area contributed by atoms with Gasteiger partial charge in [0.15, 0.2) is 5.03 Å². The predicted octanol–water partition coefficient (Wildman–Crippen LogP) is 4.51.